The van der Waals surface area contributed by atoms with E-state index in [1.807, 2.05) is 43.3 Å². The van der Waals surface area contributed by atoms with E-state index in [0.717, 1.165) is 11.1 Å². The number of ether oxygens (including phenoxy) is 1. The van der Waals surface area contributed by atoms with Gasteiger partial charge in [0.15, 0.2) is 0 Å². The third-order valence-corrected chi connectivity index (χ3v) is 8.89. The first-order valence-electron chi connectivity index (χ1n) is 10.7. The second-order valence-electron chi connectivity index (χ2n) is 7.87. The zero-order valence-electron chi connectivity index (χ0n) is 18.7. The van der Waals surface area contributed by atoms with Crippen LogP contribution in [0.1, 0.15) is 11.1 Å². The first kappa shape index (κ1) is 26.7. The van der Waals surface area contributed by atoms with Crippen LogP contribution in [0.25, 0.3) is 0 Å². The van der Waals surface area contributed by atoms with E-state index in [-0.39, 0.29) is 17.3 Å². The molecule has 0 aliphatic carbocycles. The summed E-state index contributed by atoms with van der Waals surface area (Å²) in [6.45, 7) is 2.34. The van der Waals surface area contributed by atoms with Gasteiger partial charge in [0.25, 0.3) is 0 Å². The van der Waals surface area contributed by atoms with E-state index in [2.05, 4.69) is 20.7 Å². The Morgan fingerprint density at radius 3 is 2.18 bits per heavy atom. The summed E-state index contributed by atoms with van der Waals surface area (Å²) in [5, 5.41) is 11.0. The van der Waals surface area contributed by atoms with Crippen LogP contribution in [0.5, 0.6) is 0 Å². The molecule has 1 unspecified atom stereocenters. The van der Waals surface area contributed by atoms with Crippen LogP contribution in [0.15, 0.2) is 94.7 Å². The summed E-state index contributed by atoms with van der Waals surface area (Å²) in [5.74, 6) is -0.133. The van der Waals surface area contributed by atoms with Crippen molar-refractivity contribution in [3.05, 3.63) is 96.1 Å². The molecule has 0 aromatic heterocycles. The summed E-state index contributed by atoms with van der Waals surface area (Å²) in [6, 6.07) is 23.8. The number of aryl methyl sites for hydroxylation is 1. The molecule has 4 atom stereocenters. The third-order valence-electron chi connectivity index (χ3n) is 5.14. The van der Waals surface area contributed by atoms with Crippen LogP contribution < -0.4 is 4.72 Å². The van der Waals surface area contributed by atoms with E-state index in [1.54, 1.807) is 36.4 Å². The van der Waals surface area contributed by atoms with Crippen molar-refractivity contribution in [3.8, 4) is 0 Å². The van der Waals surface area contributed by atoms with Gasteiger partial charge in [0.05, 0.1) is 51.6 Å². The molecule has 3 aromatic carbocycles. The largest absolute Gasteiger partial charge is 0.390 e. The zero-order chi connectivity index (χ0) is 24.6. The number of alkyl halides is 1. The first-order valence-corrected chi connectivity index (χ1v) is 14.4. The molecule has 3 rings (SSSR count). The predicted octanol–water partition coefficient (Wildman–Crippen LogP) is 3.79. The molecule has 0 saturated heterocycles. The van der Waals surface area contributed by atoms with Gasteiger partial charge >= 0.3 is 0 Å². The summed E-state index contributed by atoms with van der Waals surface area (Å²) in [5.41, 5.74) is 1.91. The van der Waals surface area contributed by atoms with Gasteiger partial charge < -0.3 is 9.84 Å². The lowest BCUT2D eigenvalue weighted by molar-refractivity contribution is 0.0948. The Bertz CT molecular complexity index is 1160. The number of benzene rings is 3. The van der Waals surface area contributed by atoms with E-state index in [1.165, 1.54) is 12.1 Å². The molecule has 34 heavy (non-hydrogen) atoms. The van der Waals surface area contributed by atoms with Gasteiger partial charge in [-0.1, -0.05) is 82.2 Å². The van der Waals surface area contributed by atoms with E-state index in [4.69, 9.17) is 4.74 Å². The normalized spacial score (nSPS) is 15.4. The third kappa shape index (κ3) is 7.83. The first-order chi connectivity index (χ1) is 16.3. The summed E-state index contributed by atoms with van der Waals surface area (Å²) in [7, 11) is -5.45. The van der Waals surface area contributed by atoms with Gasteiger partial charge in [0.1, 0.15) is 0 Å². The lowest BCUT2D eigenvalue weighted by atomic mass is 10.1. The van der Waals surface area contributed by atoms with Gasteiger partial charge in [-0.2, -0.15) is 0 Å². The van der Waals surface area contributed by atoms with Gasteiger partial charge in [0.2, 0.25) is 10.0 Å². The minimum absolute atomic E-state index is 0.0874. The fourth-order valence-corrected chi connectivity index (χ4v) is 6.58. The number of rotatable bonds is 12. The van der Waals surface area contributed by atoms with Gasteiger partial charge in [-0.3, -0.25) is 4.21 Å². The molecule has 6 nitrogen and oxygen atoms in total. The number of sulfonamides is 1. The highest BCUT2D eigenvalue weighted by Crippen LogP contribution is 2.19. The molecule has 0 aliphatic heterocycles. The standard InChI is InChI=1S/C25H28BrNO5S2/c1-19-12-14-22(15-13-19)34(30,31)27-25(23(26)17-32-16-20-8-4-2-5-9-20)24(28)18-33(29)21-10-6-3-7-11-21/h2-15,23-25,27-28H,16-18H2,1H3/t23-,24-,25-,33?/m1/s1. The fourth-order valence-electron chi connectivity index (χ4n) is 3.25. The maximum absolute atomic E-state index is 13.1. The molecular weight excluding hydrogens is 538 g/mol. The van der Waals surface area contributed by atoms with Crippen molar-refractivity contribution in [1.82, 2.24) is 4.72 Å². The van der Waals surface area contributed by atoms with Crippen molar-refractivity contribution in [1.29, 1.82) is 0 Å². The van der Waals surface area contributed by atoms with Crippen molar-refractivity contribution < 1.29 is 22.5 Å². The Hall–Kier alpha value is -1.88. The number of nitrogens with one attached hydrogen (secondary N) is 1. The molecule has 0 amide bonds. The molecule has 3 aromatic rings. The lowest BCUT2D eigenvalue weighted by Crippen LogP contribution is -2.51. The highest BCUT2D eigenvalue weighted by Gasteiger charge is 2.33. The molecule has 2 N–H and O–H groups in total. The molecule has 182 valence electrons. The Balaban J connectivity index is 1.75. The summed E-state index contributed by atoms with van der Waals surface area (Å²) in [6.07, 6.45) is -1.23. The topological polar surface area (TPSA) is 92.7 Å². The molecule has 0 aliphatic rings. The number of aliphatic hydroxyl groups excluding tert-OH is 1. The Kier molecular flexibility index (Phi) is 9.99. The number of halogens is 1. The van der Waals surface area contributed by atoms with Crippen molar-refractivity contribution in [2.24, 2.45) is 0 Å². The maximum Gasteiger partial charge on any atom is 0.240 e. The lowest BCUT2D eigenvalue weighted by Gasteiger charge is -2.28. The summed E-state index contributed by atoms with van der Waals surface area (Å²) in [4.78, 5) is 0.0803. The Morgan fingerprint density at radius 2 is 1.56 bits per heavy atom. The zero-order valence-corrected chi connectivity index (χ0v) is 21.9. The molecule has 0 fully saturated rings. The summed E-state index contributed by atoms with van der Waals surface area (Å²) < 4.78 is 47.3. The monoisotopic (exact) mass is 565 g/mol. The number of hydrogen-bond acceptors (Lipinski definition) is 5. The van der Waals surface area contributed by atoms with Gasteiger partial charge in [0, 0.05) is 4.90 Å². The molecule has 0 radical (unpaired) electrons. The number of hydrogen-bond donors (Lipinski definition) is 2. The van der Waals surface area contributed by atoms with Crippen LogP contribution in [0.4, 0.5) is 0 Å². The SMILES string of the molecule is Cc1ccc(S(=O)(=O)N[C@@H]([C@H](O)CS(=O)c2ccccc2)[C@H](Br)COCc2ccccc2)cc1. The average Bonchev–Trinajstić information content (AvgIpc) is 2.84. The molecular formula is C25H28BrNO5S2. The van der Waals surface area contributed by atoms with Crippen LogP contribution in [-0.4, -0.2) is 47.1 Å². The minimum atomic E-state index is -3.94. The van der Waals surface area contributed by atoms with E-state index in [0.29, 0.717) is 11.5 Å². The van der Waals surface area contributed by atoms with Crippen LogP contribution in [0.3, 0.4) is 0 Å². The van der Waals surface area contributed by atoms with Gasteiger partial charge in [-0.05, 0) is 36.8 Å². The van der Waals surface area contributed by atoms with Crippen LogP contribution in [-0.2, 0) is 32.2 Å². The van der Waals surface area contributed by atoms with Crippen molar-refractivity contribution in [3.63, 3.8) is 0 Å². The quantitative estimate of drug-likeness (QED) is 0.326. The van der Waals surface area contributed by atoms with Crippen molar-refractivity contribution in [2.45, 2.75) is 40.3 Å². The molecule has 0 heterocycles. The second kappa shape index (κ2) is 12.7. The average molecular weight is 567 g/mol. The Labute approximate surface area is 212 Å². The van der Waals surface area contributed by atoms with Crippen molar-refractivity contribution in [2.75, 3.05) is 12.4 Å². The number of aliphatic hydroxyl groups is 1. The van der Waals surface area contributed by atoms with Crippen molar-refractivity contribution >= 4 is 36.8 Å². The van der Waals surface area contributed by atoms with Crippen LogP contribution in [0.2, 0.25) is 0 Å². The van der Waals surface area contributed by atoms with E-state index >= 15 is 0 Å². The molecule has 0 spiro atoms. The maximum atomic E-state index is 13.1. The second-order valence-corrected chi connectivity index (χ2v) is 12.3. The fraction of sp³-hybridized carbons (Fsp3) is 0.280. The molecule has 9 heteroatoms. The molecule has 0 saturated carbocycles. The van der Waals surface area contributed by atoms with Crippen LogP contribution in [0, 0.1) is 6.92 Å². The minimum Gasteiger partial charge on any atom is -0.390 e. The highest BCUT2D eigenvalue weighted by molar-refractivity contribution is 9.09. The molecule has 0 bridgehead atoms. The van der Waals surface area contributed by atoms with E-state index in [9.17, 15) is 17.7 Å². The van der Waals surface area contributed by atoms with E-state index < -0.39 is 37.8 Å². The smallest absolute Gasteiger partial charge is 0.240 e. The summed E-state index contributed by atoms with van der Waals surface area (Å²) >= 11 is 3.49. The van der Waals surface area contributed by atoms with Gasteiger partial charge in [-0.25, -0.2) is 13.1 Å². The van der Waals surface area contributed by atoms with Crippen LogP contribution >= 0.6 is 15.9 Å². The highest BCUT2D eigenvalue weighted by atomic mass is 79.9. The van der Waals surface area contributed by atoms with Gasteiger partial charge in [-0.15, -0.1) is 0 Å². The Morgan fingerprint density at radius 1 is 0.971 bits per heavy atom. The predicted molar refractivity (Wildman–Crippen MR) is 138 cm³/mol.